The van der Waals surface area contributed by atoms with Crippen molar-refractivity contribution in [3.8, 4) is 0 Å². The van der Waals surface area contributed by atoms with Crippen LogP contribution < -0.4 is 5.32 Å². The summed E-state index contributed by atoms with van der Waals surface area (Å²) in [7, 11) is 0. The number of ether oxygens (including phenoxy) is 1. The summed E-state index contributed by atoms with van der Waals surface area (Å²) in [5.41, 5.74) is 6.31. The molecule has 0 saturated heterocycles. The molecule has 1 N–H and O–H groups in total. The Bertz CT molecular complexity index is 1340. The van der Waals surface area contributed by atoms with Gasteiger partial charge in [0.25, 0.3) is 0 Å². The topological polar surface area (TPSA) is 41.6 Å². The number of nitrogens with one attached hydrogen (secondary N) is 1. The van der Waals surface area contributed by atoms with Crippen molar-refractivity contribution < 1.29 is 9.53 Å². The molecule has 4 heteroatoms. The second kappa shape index (κ2) is 12.4. The molecule has 1 aliphatic rings. The molecule has 5 rings (SSSR count). The molecule has 2 unspecified atom stereocenters. The third-order valence-corrected chi connectivity index (χ3v) is 7.08. The summed E-state index contributed by atoms with van der Waals surface area (Å²) >= 11 is 0. The van der Waals surface area contributed by atoms with E-state index in [1.165, 1.54) is 16.7 Å². The highest BCUT2D eigenvalue weighted by Gasteiger charge is 2.41. The maximum absolute atomic E-state index is 13.7. The van der Waals surface area contributed by atoms with Crippen molar-refractivity contribution >= 4 is 5.97 Å². The lowest BCUT2D eigenvalue weighted by molar-refractivity contribution is -0.140. The Labute approximate surface area is 225 Å². The van der Waals surface area contributed by atoms with Gasteiger partial charge < -0.3 is 10.1 Å². The van der Waals surface area contributed by atoms with Crippen molar-refractivity contribution in [2.45, 2.75) is 38.5 Å². The number of hydrogen-bond acceptors (Lipinski definition) is 4. The molecule has 0 fully saturated rings. The molecule has 0 saturated carbocycles. The van der Waals surface area contributed by atoms with E-state index in [0.29, 0.717) is 31.7 Å². The standard InChI is InChI=1S/C34H34N2O2/c1-2-38-34(37)32-30(35-24-26-15-7-3-8-16-26)23-31(28-19-11-5-12-20-28)36(25-27-17-9-4-10-18-27)33(32)29-21-13-6-14-22-29/h3-22,31,33,35H,2,23-25H2,1H3. The molecule has 192 valence electrons. The van der Waals surface area contributed by atoms with Gasteiger partial charge in [0, 0.05) is 31.2 Å². The van der Waals surface area contributed by atoms with Crippen LogP contribution in [-0.2, 0) is 22.6 Å². The zero-order chi connectivity index (χ0) is 26.2. The first-order chi connectivity index (χ1) is 18.7. The fourth-order valence-corrected chi connectivity index (χ4v) is 5.32. The number of carbonyl (C=O) groups excluding carboxylic acids is 1. The summed E-state index contributed by atoms with van der Waals surface area (Å²) in [6.45, 7) is 3.54. The number of esters is 1. The van der Waals surface area contributed by atoms with Crippen LogP contribution in [-0.4, -0.2) is 17.5 Å². The van der Waals surface area contributed by atoms with E-state index in [0.717, 1.165) is 11.3 Å². The lowest BCUT2D eigenvalue weighted by Gasteiger charge is -2.44. The first-order valence-corrected chi connectivity index (χ1v) is 13.3. The van der Waals surface area contributed by atoms with E-state index in [9.17, 15) is 4.79 Å². The molecule has 0 aliphatic carbocycles. The molecule has 1 heterocycles. The number of nitrogens with zero attached hydrogens (tertiary/aromatic N) is 1. The normalized spacial score (nSPS) is 17.7. The highest BCUT2D eigenvalue weighted by molar-refractivity contribution is 5.91. The van der Waals surface area contributed by atoms with Gasteiger partial charge in [-0.3, -0.25) is 4.90 Å². The highest BCUT2D eigenvalue weighted by Crippen LogP contribution is 2.45. The first-order valence-electron chi connectivity index (χ1n) is 13.3. The van der Waals surface area contributed by atoms with Gasteiger partial charge >= 0.3 is 5.97 Å². The van der Waals surface area contributed by atoms with Crippen molar-refractivity contribution in [2.75, 3.05) is 6.61 Å². The summed E-state index contributed by atoms with van der Waals surface area (Å²) in [6.07, 6.45) is 0.682. The molecule has 38 heavy (non-hydrogen) atoms. The molecular formula is C34H34N2O2. The Morgan fingerprint density at radius 2 is 1.29 bits per heavy atom. The third-order valence-electron chi connectivity index (χ3n) is 7.08. The van der Waals surface area contributed by atoms with Crippen LogP contribution >= 0.6 is 0 Å². The molecule has 0 radical (unpaired) electrons. The summed E-state index contributed by atoms with van der Waals surface area (Å²) in [4.78, 5) is 16.2. The summed E-state index contributed by atoms with van der Waals surface area (Å²) in [5.74, 6) is -0.263. The fourth-order valence-electron chi connectivity index (χ4n) is 5.32. The monoisotopic (exact) mass is 502 g/mol. The number of carbonyl (C=O) groups is 1. The second-order valence-corrected chi connectivity index (χ2v) is 9.55. The summed E-state index contributed by atoms with van der Waals surface area (Å²) in [6, 6.07) is 41.6. The van der Waals surface area contributed by atoms with Gasteiger partial charge in [0.05, 0.1) is 18.2 Å². The highest BCUT2D eigenvalue weighted by atomic mass is 16.5. The average Bonchev–Trinajstić information content (AvgIpc) is 2.98. The van der Waals surface area contributed by atoms with Gasteiger partial charge in [-0.25, -0.2) is 4.79 Å². The van der Waals surface area contributed by atoms with Crippen LogP contribution in [0.3, 0.4) is 0 Å². The van der Waals surface area contributed by atoms with Crippen LogP contribution in [0.5, 0.6) is 0 Å². The van der Waals surface area contributed by atoms with Crippen LogP contribution in [0.1, 0.15) is 47.7 Å². The predicted octanol–water partition coefficient (Wildman–Crippen LogP) is 6.98. The molecule has 1 aliphatic heterocycles. The summed E-state index contributed by atoms with van der Waals surface area (Å²) in [5, 5.41) is 3.66. The molecule has 4 nitrogen and oxygen atoms in total. The van der Waals surface area contributed by atoms with Crippen LogP contribution in [0.2, 0.25) is 0 Å². The Morgan fingerprint density at radius 3 is 1.87 bits per heavy atom. The predicted molar refractivity (Wildman–Crippen MR) is 152 cm³/mol. The maximum atomic E-state index is 13.7. The van der Waals surface area contributed by atoms with Gasteiger partial charge in [-0.05, 0) is 29.2 Å². The zero-order valence-electron chi connectivity index (χ0n) is 21.8. The van der Waals surface area contributed by atoms with Gasteiger partial charge in [-0.2, -0.15) is 0 Å². The van der Waals surface area contributed by atoms with Crippen molar-refractivity contribution in [1.29, 1.82) is 0 Å². The van der Waals surface area contributed by atoms with E-state index in [4.69, 9.17) is 4.74 Å². The van der Waals surface area contributed by atoms with Crippen molar-refractivity contribution in [3.63, 3.8) is 0 Å². The lowest BCUT2D eigenvalue weighted by atomic mass is 9.84. The minimum atomic E-state index is -0.271. The number of benzene rings is 4. The van der Waals surface area contributed by atoms with Gasteiger partial charge in [0.15, 0.2) is 0 Å². The molecule has 0 bridgehead atoms. The minimum absolute atomic E-state index is 0.0677. The second-order valence-electron chi connectivity index (χ2n) is 9.55. The molecular weight excluding hydrogens is 468 g/mol. The SMILES string of the molecule is CCOC(=O)C1=C(NCc2ccccc2)CC(c2ccccc2)N(Cc2ccccc2)C1c1ccccc1. The molecule has 4 aromatic carbocycles. The zero-order valence-corrected chi connectivity index (χ0v) is 21.8. The molecule has 0 amide bonds. The van der Waals surface area contributed by atoms with E-state index >= 15 is 0 Å². The fraction of sp³-hybridized carbons (Fsp3) is 0.206. The minimum Gasteiger partial charge on any atom is -0.463 e. The van der Waals surface area contributed by atoms with Crippen molar-refractivity contribution in [2.24, 2.45) is 0 Å². The van der Waals surface area contributed by atoms with Gasteiger partial charge in [-0.1, -0.05) is 121 Å². The van der Waals surface area contributed by atoms with E-state index < -0.39 is 0 Å². The Morgan fingerprint density at radius 1 is 0.763 bits per heavy atom. The quantitative estimate of drug-likeness (QED) is 0.251. The first kappa shape index (κ1) is 25.5. The molecule has 2 atom stereocenters. The summed E-state index contributed by atoms with van der Waals surface area (Å²) < 4.78 is 5.69. The average molecular weight is 503 g/mol. The van der Waals surface area contributed by atoms with E-state index in [2.05, 4.69) is 89.1 Å². The Hall–Kier alpha value is -4.15. The van der Waals surface area contributed by atoms with Crippen molar-refractivity contribution in [3.05, 3.63) is 155 Å². The number of rotatable bonds is 9. The van der Waals surface area contributed by atoms with Gasteiger partial charge in [0.1, 0.15) is 0 Å². The van der Waals surface area contributed by atoms with Crippen LogP contribution in [0.25, 0.3) is 0 Å². The van der Waals surface area contributed by atoms with Crippen molar-refractivity contribution in [1.82, 2.24) is 10.2 Å². The number of hydrogen-bond donors (Lipinski definition) is 1. The third kappa shape index (κ3) is 5.87. The Balaban J connectivity index is 1.66. The molecule has 0 aromatic heterocycles. The maximum Gasteiger partial charge on any atom is 0.337 e. The lowest BCUT2D eigenvalue weighted by Crippen LogP contribution is -2.42. The van der Waals surface area contributed by atoms with Crippen LogP contribution in [0, 0.1) is 0 Å². The van der Waals surface area contributed by atoms with Gasteiger partial charge in [-0.15, -0.1) is 0 Å². The largest absolute Gasteiger partial charge is 0.463 e. The van der Waals surface area contributed by atoms with Crippen LogP contribution in [0.4, 0.5) is 0 Å². The smallest absolute Gasteiger partial charge is 0.337 e. The van der Waals surface area contributed by atoms with Crippen LogP contribution in [0.15, 0.2) is 133 Å². The Kier molecular flexibility index (Phi) is 8.32. The van der Waals surface area contributed by atoms with E-state index in [1.807, 2.05) is 49.4 Å². The molecule has 4 aromatic rings. The van der Waals surface area contributed by atoms with Gasteiger partial charge in [0.2, 0.25) is 0 Å². The van der Waals surface area contributed by atoms with E-state index in [1.54, 1.807) is 0 Å². The van der Waals surface area contributed by atoms with E-state index in [-0.39, 0.29) is 18.1 Å². The molecule has 0 spiro atoms.